The van der Waals surface area contributed by atoms with Crippen LogP contribution in [0.5, 0.6) is 0 Å². The molecule has 0 spiro atoms. The van der Waals surface area contributed by atoms with E-state index in [1.165, 1.54) is 0 Å². The number of sulfone groups is 1. The summed E-state index contributed by atoms with van der Waals surface area (Å²) in [6.07, 6.45) is 0.983. The molecule has 0 radical (unpaired) electrons. The topological polar surface area (TPSA) is 71.4 Å². The first-order valence-corrected chi connectivity index (χ1v) is 6.57. The molecule has 15 heavy (non-hydrogen) atoms. The van der Waals surface area contributed by atoms with Crippen LogP contribution in [0.1, 0.15) is 26.2 Å². The van der Waals surface area contributed by atoms with Crippen molar-refractivity contribution < 1.29 is 18.3 Å². The Morgan fingerprint density at radius 1 is 1.53 bits per heavy atom. The molecular weight excluding hydrogens is 216 g/mol. The Bertz CT molecular complexity index is 412. The zero-order chi connectivity index (χ0) is 11.5. The Kier molecular flexibility index (Phi) is 3.40. The molecule has 0 saturated carbocycles. The van der Waals surface area contributed by atoms with Gasteiger partial charge in [0.15, 0.2) is 9.84 Å². The molecule has 4 nitrogen and oxygen atoms in total. The van der Waals surface area contributed by atoms with Gasteiger partial charge in [-0.15, -0.1) is 11.8 Å². The fourth-order valence-corrected chi connectivity index (χ4v) is 3.92. The van der Waals surface area contributed by atoms with Crippen molar-refractivity contribution in [1.29, 1.82) is 0 Å². The van der Waals surface area contributed by atoms with Crippen molar-refractivity contribution in [1.82, 2.24) is 0 Å². The maximum Gasteiger partial charge on any atom is 0.310 e. The zero-order valence-electron chi connectivity index (χ0n) is 8.62. The molecule has 1 aliphatic heterocycles. The maximum atomic E-state index is 11.3. The largest absolute Gasteiger partial charge is 0.481 e. The van der Waals surface area contributed by atoms with E-state index >= 15 is 0 Å². The summed E-state index contributed by atoms with van der Waals surface area (Å²) < 4.78 is 22.6. The van der Waals surface area contributed by atoms with Crippen molar-refractivity contribution in [3.8, 4) is 11.8 Å². The molecule has 1 N–H and O–H groups in total. The number of rotatable bonds is 3. The third-order valence-corrected chi connectivity index (χ3v) is 4.57. The number of carboxylic acids is 1. The number of hydrogen-bond acceptors (Lipinski definition) is 3. The molecule has 1 fully saturated rings. The van der Waals surface area contributed by atoms with Crippen molar-refractivity contribution >= 4 is 15.8 Å². The van der Waals surface area contributed by atoms with E-state index in [1.54, 1.807) is 6.92 Å². The molecule has 1 heterocycles. The molecule has 1 aliphatic rings. The number of hydrogen-bond donors (Lipinski definition) is 1. The Balaban J connectivity index is 2.81. The van der Waals surface area contributed by atoms with E-state index in [0.29, 0.717) is 12.8 Å². The van der Waals surface area contributed by atoms with E-state index in [1.807, 2.05) is 0 Å². The summed E-state index contributed by atoms with van der Waals surface area (Å²) in [7, 11) is -3.17. The third kappa shape index (κ3) is 2.72. The van der Waals surface area contributed by atoms with Crippen LogP contribution in [0.4, 0.5) is 0 Å². The van der Waals surface area contributed by atoms with E-state index < -0.39 is 21.2 Å². The molecule has 0 amide bonds. The first-order chi connectivity index (χ1) is 6.92. The second-order valence-corrected chi connectivity index (χ2v) is 6.04. The average Bonchev–Trinajstić information content (AvgIpc) is 2.44. The van der Waals surface area contributed by atoms with Crippen LogP contribution in [0.2, 0.25) is 0 Å². The van der Waals surface area contributed by atoms with Crippen LogP contribution in [-0.2, 0) is 14.6 Å². The molecule has 1 saturated heterocycles. The number of carbonyl (C=O) groups is 1. The van der Waals surface area contributed by atoms with Crippen LogP contribution in [0.25, 0.3) is 0 Å². The monoisotopic (exact) mass is 230 g/mol. The Hall–Kier alpha value is -1.02. The quantitative estimate of drug-likeness (QED) is 0.724. The van der Waals surface area contributed by atoms with Gasteiger partial charge < -0.3 is 5.11 Å². The Labute approximate surface area is 89.6 Å². The van der Waals surface area contributed by atoms with E-state index in [-0.39, 0.29) is 17.9 Å². The lowest BCUT2D eigenvalue weighted by molar-refractivity contribution is -0.147. The van der Waals surface area contributed by atoms with Gasteiger partial charge in [0.2, 0.25) is 0 Å². The third-order valence-electron chi connectivity index (χ3n) is 2.75. The van der Waals surface area contributed by atoms with Gasteiger partial charge in [0.1, 0.15) is 0 Å². The van der Waals surface area contributed by atoms with Gasteiger partial charge in [-0.2, -0.15) is 0 Å². The van der Waals surface area contributed by atoms with Crippen LogP contribution in [-0.4, -0.2) is 31.0 Å². The highest BCUT2D eigenvalue weighted by molar-refractivity contribution is 7.91. The lowest BCUT2D eigenvalue weighted by Gasteiger charge is -2.20. The van der Waals surface area contributed by atoms with Crippen molar-refractivity contribution in [2.45, 2.75) is 26.2 Å². The molecule has 0 bridgehead atoms. The first kappa shape index (κ1) is 12.1. The van der Waals surface area contributed by atoms with Crippen LogP contribution >= 0.6 is 0 Å². The second-order valence-electron chi connectivity index (χ2n) is 3.85. The standard InChI is InChI=1S/C10H14O4S/c1-2-3-4-5-10(9(11)12)6-7-15(13,14)8-10/h4-8H2,1H3,(H,11,12). The van der Waals surface area contributed by atoms with Gasteiger partial charge in [-0.3, -0.25) is 4.79 Å². The van der Waals surface area contributed by atoms with Crippen LogP contribution < -0.4 is 0 Å². The number of carboxylic acid groups (broad SMARTS) is 1. The lowest BCUT2D eigenvalue weighted by atomic mass is 9.83. The fraction of sp³-hybridized carbons (Fsp3) is 0.700. The minimum Gasteiger partial charge on any atom is -0.481 e. The summed E-state index contributed by atoms with van der Waals surface area (Å²) in [5, 5.41) is 9.08. The van der Waals surface area contributed by atoms with Crippen molar-refractivity contribution in [3.05, 3.63) is 0 Å². The predicted molar refractivity (Wildman–Crippen MR) is 56.0 cm³/mol. The minimum atomic E-state index is -3.17. The summed E-state index contributed by atoms with van der Waals surface area (Å²) in [6.45, 7) is 1.68. The van der Waals surface area contributed by atoms with Crippen molar-refractivity contribution in [2.75, 3.05) is 11.5 Å². The van der Waals surface area contributed by atoms with Crippen LogP contribution in [0, 0.1) is 17.3 Å². The smallest absolute Gasteiger partial charge is 0.310 e. The highest BCUT2D eigenvalue weighted by Gasteiger charge is 2.47. The van der Waals surface area contributed by atoms with E-state index in [2.05, 4.69) is 11.8 Å². The predicted octanol–water partition coefficient (Wildman–Crippen LogP) is 0.679. The maximum absolute atomic E-state index is 11.3. The summed E-state index contributed by atoms with van der Waals surface area (Å²) in [6, 6.07) is 0. The molecule has 0 aromatic carbocycles. The summed E-state index contributed by atoms with van der Waals surface area (Å²) >= 11 is 0. The molecule has 0 aliphatic carbocycles. The molecule has 0 aromatic rings. The van der Waals surface area contributed by atoms with Gasteiger partial charge in [0.05, 0.1) is 16.9 Å². The molecule has 1 atom stereocenters. The Morgan fingerprint density at radius 2 is 2.20 bits per heavy atom. The van der Waals surface area contributed by atoms with Gasteiger partial charge in [-0.1, -0.05) is 0 Å². The fourth-order valence-electron chi connectivity index (χ4n) is 1.82. The summed E-state index contributed by atoms with van der Waals surface area (Å²) in [4.78, 5) is 11.1. The molecule has 1 rings (SSSR count). The lowest BCUT2D eigenvalue weighted by Crippen LogP contribution is -2.32. The SMILES string of the molecule is CC#CCCC1(C(=O)O)CCS(=O)(=O)C1. The number of aliphatic carboxylic acids is 1. The molecule has 0 aromatic heterocycles. The summed E-state index contributed by atoms with van der Waals surface area (Å²) in [5.74, 6) is 4.19. The average molecular weight is 230 g/mol. The van der Waals surface area contributed by atoms with Gasteiger partial charge in [-0.05, 0) is 19.8 Å². The highest BCUT2D eigenvalue weighted by Crippen LogP contribution is 2.36. The summed E-state index contributed by atoms with van der Waals surface area (Å²) in [5.41, 5.74) is -1.09. The van der Waals surface area contributed by atoms with Crippen LogP contribution in [0.3, 0.4) is 0 Å². The van der Waals surface area contributed by atoms with Gasteiger partial charge in [0.25, 0.3) is 0 Å². The van der Waals surface area contributed by atoms with E-state index in [9.17, 15) is 13.2 Å². The molecule has 5 heteroatoms. The van der Waals surface area contributed by atoms with Gasteiger partial charge in [0, 0.05) is 6.42 Å². The molecular formula is C10H14O4S. The second kappa shape index (κ2) is 4.23. The first-order valence-electron chi connectivity index (χ1n) is 4.75. The van der Waals surface area contributed by atoms with Gasteiger partial charge in [-0.25, -0.2) is 8.42 Å². The normalized spacial score (nSPS) is 28.1. The molecule has 1 unspecified atom stereocenters. The van der Waals surface area contributed by atoms with Crippen molar-refractivity contribution in [2.24, 2.45) is 5.41 Å². The van der Waals surface area contributed by atoms with Crippen molar-refractivity contribution in [3.63, 3.8) is 0 Å². The zero-order valence-corrected chi connectivity index (χ0v) is 9.43. The van der Waals surface area contributed by atoms with Gasteiger partial charge >= 0.3 is 5.97 Å². The van der Waals surface area contributed by atoms with E-state index in [0.717, 1.165) is 0 Å². The van der Waals surface area contributed by atoms with Crippen LogP contribution in [0.15, 0.2) is 0 Å². The highest BCUT2D eigenvalue weighted by atomic mass is 32.2. The van der Waals surface area contributed by atoms with E-state index in [4.69, 9.17) is 5.11 Å². The Morgan fingerprint density at radius 3 is 2.60 bits per heavy atom. The minimum absolute atomic E-state index is 0.0150. The molecule has 84 valence electrons.